The highest BCUT2D eigenvalue weighted by molar-refractivity contribution is 5.92. The molecule has 7 nitrogen and oxygen atoms in total. The van der Waals surface area contributed by atoms with Crippen LogP contribution in [0.4, 0.5) is 13.2 Å². The molecule has 1 atom stereocenters. The highest BCUT2D eigenvalue weighted by Gasteiger charge is 2.34. The third-order valence-electron chi connectivity index (χ3n) is 3.71. The number of halogens is 3. The number of carbonyl (C=O) groups is 1. The summed E-state index contributed by atoms with van der Waals surface area (Å²) in [6.07, 6.45) is -2.84. The zero-order valence-electron chi connectivity index (χ0n) is 13.3. The van der Waals surface area contributed by atoms with Crippen LogP contribution in [0.25, 0.3) is 0 Å². The maximum absolute atomic E-state index is 12.7. The predicted octanol–water partition coefficient (Wildman–Crippen LogP) is 2.48. The molecule has 3 heterocycles. The molecule has 0 N–H and O–H groups in total. The first-order valence-electron chi connectivity index (χ1n) is 7.62. The third-order valence-corrected chi connectivity index (χ3v) is 3.71. The molecule has 1 fully saturated rings. The van der Waals surface area contributed by atoms with Crippen LogP contribution in [-0.2, 0) is 6.18 Å². The van der Waals surface area contributed by atoms with E-state index in [0.29, 0.717) is 25.1 Å². The number of likely N-dealkylation sites (tertiary alicyclic amines) is 1. The highest BCUT2D eigenvalue weighted by atomic mass is 19.4. The van der Waals surface area contributed by atoms with Gasteiger partial charge in [-0.15, -0.1) is 0 Å². The Labute approximate surface area is 140 Å². The first-order chi connectivity index (χ1) is 11.8. The summed E-state index contributed by atoms with van der Waals surface area (Å²) in [5.74, 6) is 0.209. The molecule has 1 saturated heterocycles. The number of ether oxygens (including phenoxy) is 1. The molecular formula is C15H15F3N4O3. The Morgan fingerprint density at radius 3 is 2.92 bits per heavy atom. The lowest BCUT2D eigenvalue weighted by Gasteiger charge is -2.31. The van der Waals surface area contributed by atoms with Gasteiger partial charge in [-0.3, -0.25) is 4.79 Å². The number of rotatable bonds is 3. The van der Waals surface area contributed by atoms with E-state index in [9.17, 15) is 18.0 Å². The maximum atomic E-state index is 12.7. The van der Waals surface area contributed by atoms with E-state index >= 15 is 0 Å². The van der Waals surface area contributed by atoms with Gasteiger partial charge >= 0.3 is 12.2 Å². The molecule has 2 aromatic heterocycles. The van der Waals surface area contributed by atoms with Gasteiger partial charge in [0.2, 0.25) is 0 Å². The van der Waals surface area contributed by atoms with Crippen molar-refractivity contribution in [2.24, 2.45) is 0 Å². The summed E-state index contributed by atoms with van der Waals surface area (Å²) in [4.78, 5) is 21.0. The van der Waals surface area contributed by atoms with Crippen molar-refractivity contribution >= 4 is 5.91 Å². The molecule has 0 saturated carbocycles. The molecule has 2 aromatic rings. The van der Waals surface area contributed by atoms with E-state index in [2.05, 4.69) is 15.1 Å². The van der Waals surface area contributed by atoms with Crippen LogP contribution < -0.4 is 4.74 Å². The van der Waals surface area contributed by atoms with Crippen molar-refractivity contribution in [2.75, 3.05) is 13.1 Å². The summed E-state index contributed by atoms with van der Waals surface area (Å²) in [5.41, 5.74) is -0.882. The summed E-state index contributed by atoms with van der Waals surface area (Å²) in [6.45, 7) is 2.40. The molecule has 134 valence electrons. The Balaban J connectivity index is 1.67. The normalized spacial score (nSPS) is 18.2. The second-order valence-electron chi connectivity index (χ2n) is 5.68. The van der Waals surface area contributed by atoms with Crippen molar-refractivity contribution in [3.8, 4) is 6.01 Å². The van der Waals surface area contributed by atoms with Gasteiger partial charge in [-0.2, -0.15) is 18.2 Å². The zero-order chi connectivity index (χ0) is 18.0. The lowest BCUT2D eigenvalue weighted by atomic mass is 10.1. The molecule has 0 radical (unpaired) electrons. The smallest absolute Gasteiger partial charge is 0.433 e. The molecule has 1 unspecified atom stereocenters. The second kappa shape index (κ2) is 6.69. The molecule has 25 heavy (non-hydrogen) atoms. The Hall–Kier alpha value is -2.65. The van der Waals surface area contributed by atoms with E-state index in [1.165, 1.54) is 11.0 Å². The molecule has 10 heteroatoms. The molecule has 3 rings (SSSR count). The number of aryl methyl sites for hydroxylation is 1. The quantitative estimate of drug-likeness (QED) is 0.840. The second-order valence-corrected chi connectivity index (χ2v) is 5.68. The first kappa shape index (κ1) is 17.2. The minimum Gasteiger partial charge on any atom is -0.458 e. The fraction of sp³-hybridized carbons (Fsp3) is 0.467. The van der Waals surface area contributed by atoms with Crippen LogP contribution in [0.2, 0.25) is 0 Å². The van der Waals surface area contributed by atoms with E-state index in [1.54, 1.807) is 6.92 Å². The molecule has 1 aliphatic heterocycles. The van der Waals surface area contributed by atoms with Gasteiger partial charge in [-0.1, -0.05) is 5.16 Å². The van der Waals surface area contributed by atoms with Crippen molar-refractivity contribution in [3.63, 3.8) is 0 Å². The maximum Gasteiger partial charge on any atom is 0.433 e. The standard InChI is InChI=1S/C15H15F3N4O3/c1-9-7-11(21-25-9)13(23)22-6-2-3-10(8-22)24-14-19-5-4-12(20-14)15(16,17)18/h4-5,7,10H,2-3,6,8H2,1H3. The first-order valence-corrected chi connectivity index (χ1v) is 7.62. The van der Waals surface area contributed by atoms with Crippen LogP contribution in [0.15, 0.2) is 22.9 Å². The van der Waals surface area contributed by atoms with Gasteiger partial charge in [0.1, 0.15) is 11.9 Å². The van der Waals surface area contributed by atoms with Crippen molar-refractivity contribution < 1.29 is 27.2 Å². The van der Waals surface area contributed by atoms with Crippen LogP contribution in [-0.4, -0.2) is 45.1 Å². The largest absolute Gasteiger partial charge is 0.458 e. The van der Waals surface area contributed by atoms with Crippen molar-refractivity contribution in [2.45, 2.75) is 32.0 Å². The third kappa shape index (κ3) is 4.06. The Morgan fingerprint density at radius 2 is 2.24 bits per heavy atom. The Kier molecular flexibility index (Phi) is 4.60. The van der Waals surface area contributed by atoms with Crippen LogP contribution in [0, 0.1) is 6.92 Å². The number of alkyl halides is 3. The van der Waals surface area contributed by atoms with Gasteiger partial charge in [-0.25, -0.2) is 4.98 Å². The number of piperidine rings is 1. The minimum atomic E-state index is -4.57. The fourth-order valence-corrected chi connectivity index (χ4v) is 2.55. The number of carbonyl (C=O) groups excluding carboxylic acids is 1. The topological polar surface area (TPSA) is 81.4 Å². The van der Waals surface area contributed by atoms with Crippen molar-refractivity contribution in [1.29, 1.82) is 0 Å². The molecule has 1 amide bonds. The number of hydrogen-bond donors (Lipinski definition) is 0. The van der Waals surface area contributed by atoms with Crippen LogP contribution in [0.1, 0.15) is 34.8 Å². The number of hydrogen-bond acceptors (Lipinski definition) is 6. The minimum absolute atomic E-state index is 0.188. The van der Waals surface area contributed by atoms with Gasteiger partial charge in [0.15, 0.2) is 11.4 Å². The fourth-order valence-electron chi connectivity index (χ4n) is 2.55. The molecule has 0 aromatic carbocycles. The van der Waals surface area contributed by atoms with Crippen LogP contribution in [0.3, 0.4) is 0 Å². The van der Waals surface area contributed by atoms with Gasteiger partial charge in [0.05, 0.1) is 6.54 Å². The average molecular weight is 356 g/mol. The Morgan fingerprint density at radius 1 is 1.44 bits per heavy atom. The SMILES string of the molecule is Cc1cc(C(=O)N2CCCC(Oc3nccc(C(F)(F)F)n3)C2)no1. The number of nitrogens with zero attached hydrogens (tertiary/aromatic N) is 4. The molecule has 0 aliphatic carbocycles. The highest BCUT2D eigenvalue weighted by Crippen LogP contribution is 2.28. The lowest BCUT2D eigenvalue weighted by Crippen LogP contribution is -2.44. The lowest BCUT2D eigenvalue weighted by molar-refractivity contribution is -0.141. The predicted molar refractivity (Wildman–Crippen MR) is 77.8 cm³/mol. The zero-order valence-corrected chi connectivity index (χ0v) is 13.3. The molecule has 0 bridgehead atoms. The van der Waals surface area contributed by atoms with Crippen LogP contribution >= 0.6 is 0 Å². The number of aromatic nitrogens is 3. The van der Waals surface area contributed by atoms with E-state index in [0.717, 1.165) is 12.3 Å². The molecular weight excluding hydrogens is 341 g/mol. The molecule has 1 aliphatic rings. The summed E-state index contributed by atoms with van der Waals surface area (Å²) in [7, 11) is 0. The van der Waals surface area contributed by atoms with E-state index in [4.69, 9.17) is 9.26 Å². The van der Waals surface area contributed by atoms with E-state index < -0.39 is 18.0 Å². The van der Waals surface area contributed by atoms with Gasteiger partial charge in [-0.05, 0) is 25.8 Å². The summed E-state index contributed by atoms with van der Waals surface area (Å²) in [6, 6.07) is 1.95. The molecule has 0 spiro atoms. The van der Waals surface area contributed by atoms with E-state index in [-0.39, 0.29) is 24.2 Å². The van der Waals surface area contributed by atoms with Gasteiger partial charge in [0, 0.05) is 18.8 Å². The van der Waals surface area contributed by atoms with E-state index in [1.807, 2.05) is 0 Å². The van der Waals surface area contributed by atoms with Crippen molar-refractivity contribution in [1.82, 2.24) is 20.0 Å². The average Bonchev–Trinajstić information content (AvgIpc) is 3.00. The van der Waals surface area contributed by atoms with Crippen LogP contribution in [0.5, 0.6) is 6.01 Å². The van der Waals surface area contributed by atoms with Gasteiger partial charge in [0.25, 0.3) is 5.91 Å². The summed E-state index contributed by atoms with van der Waals surface area (Å²) >= 11 is 0. The Bertz CT molecular complexity index is 762. The van der Waals surface area contributed by atoms with Crippen molar-refractivity contribution in [3.05, 3.63) is 35.5 Å². The summed E-state index contributed by atoms with van der Waals surface area (Å²) < 4.78 is 48.4. The van der Waals surface area contributed by atoms with Gasteiger partial charge < -0.3 is 14.2 Å². The monoisotopic (exact) mass is 356 g/mol. The summed E-state index contributed by atoms with van der Waals surface area (Å²) in [5, 5.41) is 3.68. The number of amides is 1.